The molecule has 116 valence electrons. The first-order chi connectivity index (χ1) is 10.1. The highest BCUT2D eigenvalue weighted by Crippen LogP contribution is 2.26. The van der Waals surface area contributed by atoms with Crippen LogP contribution in [0.5, 0.6) is 0 Å². The molecule has 3 atom stereocenters. The Balaban J connectivity index is 1.64. The zero-order chi connectivity index (χ0) is 14.8. The molecular formula is C19H30N2. The maximum atomic E-state index is 3.87. The molecule has 1 aromatic rings. The maximum Gasteiger partial charge on any atom is 0.0294 e. The van der Waals surface area contributed by atoms with Crippen LogP contribution in [0.4, 0.5) is 0 Å². The van der Waals surface area contributed by atoms with Gasteiger partial charge in [-0.25, -0.2) is 0 Å². The Labute approximate surface area is 129 Å². The first kappa shape index (κ1) is 15.1. The van der Waals surface area contributed by atoms with Crippen LogP contribution in [0.3, 0.4) is 0 Å². The molecule has 1 saturated heterocycles. The smallest absolute Gasteiger partial charge is 0.0294 e. The molecule has 1 aliphatic carbocycles. The van der Waals surface area contributed by atoms with E-state index >= 15 is 0 Å². The monoisotopic (exact) mass is 286 g/mol. The average molecular weight is 286 g/mol. The second-order valence-corrected chi connectivity index (χ2v) is 7.17. The van der Waals surface area contributed by atoms with Gasteiger partial charge in [-0.3, -0.25) is 0 Å². The minimum Gasteiger partial charge on any atom is -0.307 e. The molecule has 1 fully saturated rings. The number of nitrogens with zero attached hydrogens (tertiary/aromatic N) is 1. The Hall–Kier alpha value is -0.860. The van der Waals surface area contributed by atoms with E-state index in [1.807, 2.05) is 0 Å². The van der Waals surface area contributed by atoms with E-state index in [2.05, 4.69) is 49.3 Å². The molecular weight excluding hydrogens is 256 g/mol. The molecule has 1 aromatic carbocycles. The summed E-state index contributed by atoms with van der Waals surface area (Å²) in [5, 5.41) is 3.87. The molecule has 3 unspecified atom stereocenters. The minimum atomic E-state index is 0.470. The molecule has 21 heavy (non-hydrogen) atoms. The fourth-order valence-corrected chi connectivity index (χ4v) is 3.91. The average Bonchev–Trinajstić information content (AvgIpc) is 2.50. The van der Waals surface area contributed by atoms with Gasteiger partial charge in [0, 0.05) is 18.1 Å². The molecule has 2 heteroatoms. The highest BCUT2D eigenvalue weighted by Gasteiger charge is 2.24. The van der Waals surface area contributed by atoms with E-state index in [0.717, 1.165) is 0 Å². The van der Waals surface area contributed by atoms with Crippen molar-refractivity contribution in [1.82, 2.24) is 10.2 Å². The molecule has 0 spiro atoms. The molecule has 1 heterocycles. The van der Waals surface area contributed by atoms with E-state index in [0.29, 0.717) is 18.1 Å². The number of aryl methyl sites for hydroxylation is 2. The van der Waals surface area contributed by atoms with Crippen LogP contribution < -0.4 is 5.32 Å². The summed E-state index contributed by atoms with van der Waals surface area (Å²) in [5.74, 6) is 0. The molecule has 0 bridgehead atoms. The van der Waals surface area contributed by atoms with Crippen LogP contribution in [0.2, 0.25) is 0 Å². The van der Waals surface area contributed by atoms with Crippen molar-refractivity contribution in [3.63, 3.8) is 0 Å². The standard InChI is InChI=1S/C19H30N2/c1-14-12-19(10-11-21(14)3)20-15(2)17-9-8-16-6-4-5-7-18(16)13-17/h8-9,13-15,19-20H,4-7,10-12H2,1-3H3. The van der Waals surface area contributed by atoms with Gasteiger partial charge in [0.05, 0.1) is 0 Å². The Morgan fingerprint density at radius 2 is 1.95 bits per heavy atom. The number of benzene rings is 1. The molecule has 1 N–H and O–H groups in total. The van der Waals surface area contributed by atoms with Gasteiger partial charge >= 0.3 is 0 Å². The van der Waals surface area contributed by atoms with Gasteiger partial charge < -0.3 is 10.2 Å². The van der Waals surface area contributed by atoms with E-state index in [1.165, 1.54) is 50.6 Å². The van der Waals surface area contributed by atoms with E-state index < -0.39 is 0 Å². The van der Waals surface area contributed by atoms with Crippen molar-refractivity contribution < 1.29 is 0 Å². The van der Waals surface area contributed by atoms with Crippen LogP contribution in [-0.4, -0.2) is 30.6 Å². The number of fused-ring (bicyclic) bond motifs is 1. The van der Waals surface area contributed by atoms with Crippen molar-refractivity contribution in [2.75, 3.05) is 13.6 Å². The van der Waals surface area contributed by atoms with Crippen molar-refractivity contribution in [3.8, 4) is 0 Å². The van der Waals surface area contributed by atoms with Gasteiger partial charge in [-0.2, -0.15) is 0 Å². The number of hydrogen-bond acceptors (Lipinski definition) is 2. The van der Waals surface area contributed by atoms with Gasteiger partial charge in [0.15, 0.2) is 0 Å². The summed E-state index contributed by atoms with van der Waals surface area (Å²) in [6, 6.07) is 9.02. The zero-order valence-electron chi connectivity index (χ0n) is 13.9. The SMILES string of the molecule is CC(NC1CCN(C)C(C)C1)c1ccc2c(c1)CCCC2. The summed E-state index contributed by atoms with van der Waals surface area (Å²) in [5.41, 5.74) is 4.66. The third-order valence-electron chi connectivity index (χ3n) is 5.57. The van der Waals surface area contributed by atoms with Gasteiger partial charge in [-0.15, -0.1) is 0 Å². The minimum absolute atomic E-state index is 0.470. The van der Waals surface area contributed by atoms with Crippen molar-refractivity contribution in [1.29, 1.82) is 0 Å². The topological polar surface area (TPSA) is 15.3 Å². The van der Waals surface area contributed by atoms with Gasteiger partial charge in [0.25, 0.3) is 0 Å². The number of rotatable bonds is 3. The van der Waals surface area contributed by atoms with Crippen LogP contribution in [-0.2, 0) is 12.8 Å². The van der Waals surface area contributed by atoms with Crippen molar-refractivity contribution >= 4 is 0 Å². The predicted octanol–water partition coefficient (Wildman–Crippen LogP) is 3.70. The highest BCUT2D eigenvalue weighted by atomic mass is 15.1. The van der Waals surface area contributed by atoms with Crippen LogP contribution in [0.15, 0.2) is 18.2 Å². The molecule has 0 saturated carbocycles. The Kier molecular flexibility index (Phi) is 4.66. The Morgan fingerprint density at radius 3 is 2.71 bits per heavy atom. The summed E-state index contributed by atoms with van der Waals surface area (Å²) in [4.78, 5) is 2.47. The fourth-order valence-electron chi connectivity index (χ4n) is 3.91. The summed E-state index contributed by atoms with van der Waals surface area (Å²) in [6.07, 6.45) is 7.84. The summed E-state index contributed by atoms with van der Waals surface area (Å²) in [6.45, 7) is 5.89. The van der Waals surface area contributed by atoms with Gasteiger partial charge in [-0.05, 0) is 82.7 Å². The Bertz CT molecular complexity index is 482. The molecule has 2 nitrogen and oxygen atoms in total. The van der Waals surface area contributed by atoms with Crippen LogP contribution in [0.1, 0.15) is 62.3 Å². The number of likely N-dealkylation sites (tertiary alicyclic amines) is 1. The fraction of sp³-hybridized carbons (Fsp3) is 0.684. The number of piperidine rings is 1. The van der Waals surface area contributed by atoms with E-state index in [-0.39, 0.29) is 0 Å². The third kappa shape index (κ3) is 3.49. The quantitative estimate of drug-likeness (QED) is 0.911. The van der Waals surface area contributed by atoms with E-state index in [9.17, 15) is 0 Å². The zero-order valence-corrected chi connectivity index (χ0v) is 13.9. The molecule has 0 radical (unpaired) electrons. The van der Waals surface area contributed by atoms with Crippen molar-refractivity contribution in [2.45, 2.75) is 70.5 Å². The van der Waals surface area contributed by atoms with Crippen LogP contribution >= 0.6 is 0 Å². The maximum absolute atomic E-state index is 3.87. The molecule has 3 rings (SSSR count). The van der Waals surface area contributed by atoms with Crippen LogP contribution in [0.25, 0.3) is 0 Å². The summed E-state index contributed by atoms with van der Waals surface area (Å²) >= 11 is 0. The highest BCUT2D eigenvalue weighted by molar-refractivity contribution is 5.35. The number of nitrogens with one attached hydrogen (secondary N) is 1. The molecule has 0 amide bonds. The normalized spacial score (nSPS) is 28.1. The molecule has 0 aromatic heterocycles. The lowest BCUT2D eigenvalue weighted by Gasteiger charge is -2.37. The first-order valence-electron chi connectivity index (χ1n) is 8.71. The van der Waals surface area contributed by atoms with E-state index in [1.54, 1.807) is 11.1 Å². The van der Waals surface area contributed by atoms with Crippen LogP contribution in [0, 0.1) is 0 Å². The second kappa shape index (κ2) is 6.50. The third-order valence-corrected chi connectivity index (χ3v) is 5.57. The lowest BCUT2D eigenvalue weighted by atomic mass is 9.89. The van der Waals surface area contributed by atoms with Gasteiger partial charge in [0.2, 0.25) is 0 Å². The van der Waals surface area contributed by atoms with Crippen molar-refractivity contribution in [2.24, 2.45) is 0 Å². The molecule has 1 aliphatic heterocycles. The van der Waals surface area contributed by atoms with Gasteiger partial charge in [0.1, 0.15) is 0 Å². The Morgan fingerprint density at radius 1 is 1.19 bits per heavy atom. The molecule has 2 aliphatic rings. The predicted molar refractivity (Wildman–Crippen MR) is 89.7 cm³/mol. The lowest BCUT2D eigenvalue weighted by Crippen LogP contribution is -2.46. The van der Waals surface area contributed by atoms with Gasteiger partial charge in [-0.1, -0.05) is 18.2 Å². The first-order valence-corrected chi connectivity index (χ1v) is 8.71. The second-order valence-electron chi connectivity index (χ2n) is 7.17. The van der Waals surface area contributed by atoms with Crippen molar-refractivity contribution in [3.05, 3.63) is 34.9 Å². The summed E-state index contributed by atoms with van der Waals surface area (Å²) in [7, 11) is 2.24. The lowest BCUT2D eigenvalue weighted by molar-refractivity contribution is 0.163. The number of hydrogen-bond donors (Lipinski definition) is 1. The largest absolute Gasteiger partial charge is 0.307 e. The van der Waals surface area contributed by atoms with E-state index in [4.69, 9.17) is 0 Å². The summed E-state index contributed by atoms with van der Waals surface area (Å²) < 4.78 is 0.